The van der Waals surface area contributed by atoms with Crippen molar-refractivity contribution in [2.45, 2.75) is 74.3 Å². The minimum Gasteiger partial charge on any atom is -0.380 e. The molecule has 0 aliphatic heterocycles. The van der Waals surface area contributed by atoms with Crippen molar-refractivity contribution in [1.82, 2.24) is 4.90 Å². The van der Waals surface area contributed by atoms with E-state index in [2.05, 4.69) is 0 Å². The van der Waals surface area contributed by atoms with Gasteiger partial charge in [-0.2, -0.15) is 0 Å². The zero-order valence-corrected chi connectivity index (χ0v) is 19.6. The summed E-state index contributed by atoms with van der Waals surface area (Å²) in [5, 5.41) is 0. The molecule has 0 aliphatic carbocycles. The first kappa shape index (κ1) is 26.9. The fourth-order valence-corrected chi connectivity index (χ4v) is 3.47. The molecule has 0 unspecified atom stereocenters. The maximum atomic E-state index is 13.0. The van der Waals surface area contributed by atoms with E-state index in [-0.39, 0.29) is 53.0 Å². The van der Waals surface area contributed by atoms with Crippen LogP contribution in [0.4, 0.5) is 0 Å². The van der Waals surface area contributed by atoms with Gasteiger partial charge in [0, 0.05) is 37.1 Å². The monoisotopic (exact) mass is 397 g/mol. The topological polar surface area (TPSA) is 63.7 Å². The van der Waals surface area contributed by atoms with E-state index < -0.39 is 0 Å². The Morgan fingerprint density at radius 2 is 1.36 bits per heavy atom. The Morgan fingerprint density at radius 1 is 0.786 bits per heavy atom. The summed E-state index contributed by atoms with van der Waals surface area (Å²) < 4.78 is 5.60. The van der Waals surface area contributed by atoms with Crippen molar-refractivity contribution in [2.75, 3.05) is 26.8 Å². The zero-order chi connectivity index (χ0) is 22.0. The van der Waals surface area contributed by atoms with Gasteiger partial charge in [-0.3, -0.25) is 19.3 Å². The number of ketones is 3. The molecular weight excluding hydrogens is 354 g/mol. The summed E-state index contributed by atoms with van der Waals surface area (Å²) in [5.74, 6) is 0.570. The first-order valence-corrected chi connectivity index (χ1v) is 10.8. The molecule has 28 heavy (non-hydrogen) atoms. The summed E-state index contributed by atoms with van der Waals surface area (Å²) in [4.78, 5) is 39.2. The van der Waals surface area contributed by atoms with E-state index in [1.54, 1.807) is 0 Å². The lowest BCUT2D eigenvalue weighted by molar-refractivity contribution is -0.134. The molecule has 0 bridgehead atoms. The largest absolute Gasteiger partial charge is 0.380 e. The second-order valence-corrected chi connectivity index (χ2v) is 9.23. The van der Waals surface area contributed by atoms with Gasteiger partial charge >= 0.3 is 0 Å². The fraction of sp³-hybridized carbons (Fsp3) is 0.870. The van der Waals surface area contributed by atoms with E-state index in [1.807, 2.05) is 67.3 Å². The molecule has 0 amide bonds. The van der Waals surface area contributed by atoms with Crippen LogP contribution in [-0.4, -0.2) is 55.1 Å². The van der Waals surface area contributed by atoms with Crippen molar-refractivity contribution >= 4 is 17.3 Å². The van der Waals surface area contributed by atoms with Crippen LogP contribution in [0, 0.1) is 29.6 Å². The van der Waals surface area contributed by atoms with Crippen molar-refractivity contribution in [2.24, 2.45) is 29.6 Å². The van der Waals surface area contributed by atoms with Crippen LogP contribution in [0.1, 0.15) is 68.2 Å². The van der Waals surface area contributed by atoms with Crippen molar-refractivity contribution < 1.29 is 19.1 Å². The van der Waals surface area contributed by atoms with Gasteiger partial charge in [-0.15, -0.1) is 0 Å². The average molecular weight is 398 g/mol. The summed E-state index contributed by atoms with van der Waals surface area (Å²) in [7, 11) is 1.93. The number of rotatable bonds is 15. The quantitative estimate of drug-likeness (QED) is 0.390. The molecule has 5 heteroatoms. The molecular formula is C23H43NO4. The Labute approximate surface area is 172 Å². The number of hydrogen-bond donors (Lipinski definition) is 0. The van der Waals surface area contributed by atoms with Gasteiger partial charge < -0.3 is 4.74 Å². The molecule has 0 N–H and O–H groups in total. The van der Waals surface area contributed by atoms with Crippen LogP contribution < -0.4 is 0 Å². The van der Waals surface area contributed by atoms with Crippen molar-refractivity contribution in [3.8, 4) is 0 Å². The summed E-state index contributed by atoms with van der Waals surface area (Å²) in [6.07, 6.45) is 0.729. The Morgan fingerprint density at radius 3 is 1.79 bits per heavy atom. The van der Waals surface area contributed by atoms with Gasteiger partial charge in [0.05, 0.1) is 19.3 Å². The second kappa shape index (κ2) is 13.2. The molecule has 0 aromatic carbocycles. The predicted octanol–water partition coefficient (Wildman–Crippen LogP) is 4.03. The molecule has 2 atom stereocenters. The first-order valence-electron chi connectivity index (χ1n) is 10.8. The summed E-state index contributed by atoms with van der Waals surface area (Å²) in [5.41, 5.74) is 0. The number of likely N-dealkylation sites (N-methyl/N-ethyl adjacent to an activating group) is 1. The number of Topliss-reactive ketones (excluding diaryl/α,β-unsaturated/α-hetero) is 3. The highest BCUT2D eigenvalue weighted by Gasteiger charge is 2.32. The van der Waals surface area contributed by atoms with E-state index in [9.17, 15) is 14.4 Å². The third-order valence-electron chi connectivity index (χ3n) is 5.32. The number of hydrogen-bond acceptors (Lipinski definition) is 5. The molecule has 0 rings (SSSR count). The van der Waals surface area contributed by atoms with E-state index >= 15 is 0 Å². The maximum Gasteiger partial charge on any atom is 0.150 e. The summed E-state index contributed by atoms with van der Waals surface area (Å²) in [6.45, 7) is 17.2. The van der Waals surface area contributed by atoms with Gasteiger partial charge in [0.25, 0.3) is 0 Å². The minimum absolute atomic E-state index is 0.0386. The maximum absolute atomic E-state index is 13.0. The lowest BCUT2D eigenvalue weighted by atomic mass is 9.80. The van der Waals surface area contributed by atoms with Crippen LogP contribution in [0.2, 0.25) is 0 Å². The number of carbonyl (C=O) groups excluding carboxylic acids is 3. The molecule has 0 aromatic rings. The Kier molecular flexibility index (Phi) is 12.7. The van der Waals surface area contributed by atoms with Crippen LogP contribution in [-0.2, 0) is 19.1 Å². The lowest BCUT2D eigenvalue weighted by Gasteiger charge is -2.32. The zero-order valence-electron chi connectivity index (χ0n) is 19.6. The highest BCUT2D eigenvalue weighted by Crippen LogP contribution is 2.24. The van der Waals surface area contributed by atoms with Crippen LogP contribution in [0.15, 0.2) is 0 Å². The standard InChI is InChI=1S/C23H43NO4/c1-15(2)19(23(27)18(7)8)14-21(26)22(17(5)6)24(9)11-13-28-12-10-20(25)16(3)4/h15-19,22H,10-14H2,1-9H3/t19-,22-/m0/s1. The second-order valence-electron chi connectivity index (χ2n) is 9.23. The highest BCUT2D eigenvalue weighted by atomic mass is 16.5. The predicted molar refractivity (Wildman–Crippen MR) is 114 cm³/mol. The third-order valence-corrected chi connectivity index (χ3v) is 5.32. The highest BCUT2D eigenvalue weighted by molar-refractivity contribution is 5.91. The van der Waals surface area contributed by atoms with Gasteiger partial charge in [0.1, 0.15) is 11.6 Å². The van der Waals surface area contributed by atoms with Crippen LogP contribution in [0.3, 0.4) is 0 Å². The van der Waals surface area contributed by atoms with Crippen molar-refractivity contribution in [3.05, 3.63) is 0 Å². The van der Waals surface area contributed by atoms with E-state index in [1.165, 1.54) is 0 Å². The van der Waals surface area contributed by atoms with Gasteiger partial charge in [0.15, 0.2) is 5.78 Å². The molecule has 0 saturated carbocycles. The number of nitrogens with zero attached hydrogens (tertiary/aromatic N) is 1. The Hall–Kier alpha value is -1.07. The van der Waals surface area contributed by atoms with Crippen molar-refractivity contribution in [3.63, 3.8) is 0 Å². The van der Waals surface area contributed by atoms with Gasteiger partial charge in [-0.05, 0) is 18.9 Å². The molecule has 0 heterocycles. The average Bonchev–Trinajstić information content (AvgIpc) is 2.57. The van der Waals surface area contributed by atoms with Crippen LogP contribution in [0.5, 0.6) is 0 Å². The molecule has 5 nitrogen and oxygen atoms in total. The van der Waals surface area contributed by atoms with Crippen LogP contribution in [0.25, 0.3) is 0 Å². The minimum atomic E-state index is -0.234. The van der Waals surface area contributed by atoms with Gasteiger partial charge in [0.2, 0.25) is 0 Å². The molecule has 164 valence electrons. The van der Waals surface area contributed by atoms with Gasteiger partial charge in [-0.25, -0.2) is 0 Å². The molecule has 0 radical (unpaired) electrons. The normalized spacial score (nSPS) is 14.4. The molecule has 0 aliphatic rings. The van der Waals surface area contributed by atoms with Crippen LogP contribution >= 0.6 is 0 Å². The van der Waals surface area contributed by atoms with E-state index in [4.69, 9.17) is 4.74 Å². The Bertz CT molecular complexity index is 497. The van der Waals surface area contributed by atoms with Crippen molar-refractivity contribution in [1.29, 1.82) is 0 Å². The Balaban J connectivity index is 4.75. The van der Waals surface area contributed by atoms with E-state index in [0.29, 0.717) is 32.6 Å². The molecule has 0 fully saturated rings. The molecule has 0 spiro atoms. The lowest BCUT2D eigenvalue weighted by Crippen LogP contribution is -2.45. The van der Waals surface area contributed by atoms with E-state index in [0.717, 1.165) is 0 Å². The number of ether oxygens (including phenoxy) is 1. The molecule has 0 saturated heterocycles. The van der Waals surface area contributed by atoms with Gasteiger partial charge in [-0.1, -0.05) is 55.4 Å². The smallest absolute Gasteiger partial charge is 0.150 e. The first-order chi connectivity index (χ1) is 12.9. The summed E-state index contributed by atoms with van der Waals surface area (Å²) >= 11 is 0. The SMILES string of the molecule is CC(C)C(=O)CCOCCN(C)[C@H](C(=O)C[C@H](C(=O)C(C)C)C(C)C)C(C)C. The molecule has 0 aromatic heterocycles. The third kappa shape index (κ3) is 9.42. The fourth-order valence-electron chi connectivity index (χ4n) is 3.47. The summed E-state index contributed by atoms with van der Waals surface area (Å²) in [6, 6.07) is -0.234. The number of carbonyl (C=O) groups is 3.